The van der Waals surface area contributed by atoms with Gasteiger partial charge in [-0.2, -0.15) is 0 Å². The van der Waals surface area contributed by atoms with Crippen LogP contribution in [0.25, 0.3) is 23.3 Å². The Morgan fingerprint density at radius 3 is 2.83 bits per heavy atom. The Kier molecular flexibility index (Phi) is 5.14. The van der Waals surface area contributed by atoms with E-state index in [0.717, 1.165) is 9.75 Å². The minimum Gasteiger partial charge on any atom is -0.403 e. The number of carbonyl (C=O) groups is 2. The van der Waals surface area contributed by atoms with Crippen LogP contribution in [0.4, 0.5) is 11.9 Å². The first-order valence-corrected chi connectivity index (χ1v) is 9.70. The number of imidazole rings is 2. The summed E-state index contributed by atoms with van der Waals surface area (Å²) >= 11 is 1.47. The molecule has 30 heavy (non-hydrogen) atoms. The lowest BCUT2D eigenvalue weighted by molar-refractivity contribution is -0.112. The number of H-pyrrole nitrogens is 2. The fraction of sp³-hybridized carbons (Fsp3) is 0. The van der Waals surface area contributed by atoms with Gasteiger partial charge in [-0.25, -0.2) is 9.97 Å². The first kappa shape index (κ1) is 19.2. The molecule has 0 saturated heterocycles. The number of amides is 2. The summed E-state index contributed by atoms with van der Waals surface area (Å²) in [4.78, 5) is 39.2. The fourth-order valence-electron chi connectivity index (χ4n) is 2.81. The molecule has 150 valence electrons. The second-order valence-electron chi connectivity index (χ2n) is 6.21. The number of fused-ring (bicyclic) bond motifs is 1. The molecule has 3 heterocycles. The molecule has 1 aromatic carbocycles. The van der Waals surface area contributed by atoms with Gasteiger partial charge in [-0.05, 0) is 34.9 Å². The molecule has 0 saturated carbocycles. The predicted molar refractivity (Wildman–Crippen MR) is 117 cm³/mol. The SMILES string of the molecule is C=C(/C=c1/ccs/c1=C/N)C(=O)Nc1nc2c(C(=O)Nc3ncc[nH]3)cccc2[nH]1. The molecule has 0 aliphatic carbocycles. The van der Waals surface area contributed by atoms with E-state index in [4.69, 9.17) is 5.73 Å². The highest BCUT2D eigenvalue weighted by Crippen LogP contribution is 2.20. The van der Waals surface area contributed by atoms with Crippen molar-refractivity contribution < 1.29 is 9.59 Å². The molecule has 6 N–H and O–H groups in total. The van der Waals surface area contributed by atoms with Crippen LogP contribution in [0, 0.1) is 0 Å². The molecular formula is C20H17N7O2S. The minimum atomic E-state index is -0.426. The van der Waals surface area contributed by atoms with Crippen LogP contribution in [0.15, 0.2) is 54.2 Å². The minimum absolute atomic E-state index is 0.207. The van der Waals surface area contributed by atoms with Gasteiger partial charge in [0.25, 0.3) is 11.8 Å². The second-order valence-corrected chi connectivity index (χ2v) is 7.16. The maximum Gasteiger partial charge on any atom is 0.260 e. The van der Waals surface area contributed by atoms with E-state index in [1.807, 2.05) is 11.4 Å². The predicted octanol–water partition coefficient (Wildman–Crippen LogP) is 1.27. The molecule has 0 radical (unpaired) electrons. The molecule has 0 aliphatic rings. The third kappa shape index (κ3) is 3.84. The number of carbonyl (C=O) groups excluding carboxylic acids is 2. The van der Waals surface area contributed by atoms with Gasteiger partial charge in [0.05, 0.1) is 11.1 Å². The Bertz CT molecular complexity index is 1370. The molecule has 0 spiro atoms. The molecule has 0 bridgehead atoms. The zero-order chi connectivity index (χ0) is 21.1. The number of hydrogen-bond acceptors (Lipinski definition) is 6. The largest absolute Gasteiger partial charge is 0.403 e. The van der Waals surface area contributed by atoms with Crippen molar-refractivity contribution in [3.8, 4) is 0 Å². The summed E-state index contributed by atoms with van der Waals surface area (Å²) in [6, 6.07) is 6.97. The van der Waals surface area contributed by atoms with Gasteiger partial charge in [0, 0.05) is 28.7 Å². The lowest BCUT2D eigenvalue weighted by Gasteiger charge is -2.02. The molecule has 0 fully saturated rings. The van der Waals surface area contributed by atoms with Crippen molar-refractivity contribution in [3.05, 3.63) is 69.5 Å². The van der Waals surface area contributed by atoms with E-state index in [2.05, 4.69) is 37.1 Å². The van der Waals surface area contributed by atoms with Crippen molar-refractivity contribution in [2.75, 3.05) is 10.6 Å². The van der Waals surface area contributed by atoms with E-state index in [1.165, 1.54) is 23.7 Å². The molecule has 4 aromatic rings. The maximum absolute atomic E-state index is 12.6. The van der Waals surface area contributed by atoms with Crippen LogP contribution in [-0.2, 0) is 4.79 Å². The third-order valence-electron chi connectivity index (χ3n) is 4.22. The number of aromatic amines is 2. The van der Waals surface area contributed by atoms with Gasteiger partial charge in [-0.15, -0.1) is 11.3 Å². The van der Waals surface area contributed by atoms with Gasteiger partial charge in [0.2, 0.25) is 11.9 Å². The maximum atomic E-state index is 12.6. The zero-order valence-corrected chi connectivity index (χ0v) is 16.4. The second kappa shape index (κ2) is 8.05. The Morgan fingerprint density at radius 2 is 2.07 bits per heavy atom. The number of rotatable bonds is 5. The number of thiophene rings is 1. The van der Waals surface area contributed by atoms with Gasteiger partial charge >= 0.3 is 0 Å². The van der Waals surface area contributed by atoms with E-state index in [-0.39, 0.29) is 17.4 Å². The molecule has 0 atom stereocenters. The van der Waals surface area contributed by atoms with Crippen LogP contribution in [0.5, 0.6) is 0 Å². The number of nitrogens with two attached hydrogens (primary N) is 1. The number of nitrogens with one attached hydrogen (secondary N) is 4. The lowest BCUT2D eigenvalue weighted by Crippen LogP contribution is -2.22. The van der Waals surface area contributed by atoms with Crippen LogP contribution in [0.3, 0.4) is 0 Å². The fourth-order valence-corrected chi connectivity index (χ4v) is 3.51. The first-order chi connectivity index (χ1) is 14.5. The number of nitrogens with zero attached hydrogens (tertiary/aromatic N) is 2. The Morgan fingerprint density at radius 1 is 1.20 bits per heavy atom. The molecule has 9 nitrogen and oxygen atoms in total. The lowest BCUT2D eigenvalue weighted by atomic mass is 10.2. The summed E-state index contributed by atoms with van der Waals surface area (Å²) in [5.41, 5.74) is 7.18. The topological polar surface area (TPSA) is 142 Å². The zero-order valence-electron chi connectivity index (χ0n) is 15.6. The van der Waals surface area contributed by atoms with Crippen molar-refractivity contribution in [2.45, 2.75) is 0 Å². The summed E-state index contributed by atoms with van der Waals surface area (Å²) < 4.78 is 0.847. The highest BCUT2D eigenvalue weighted by Gasteiger charge is 2.16. The summed E-state index contributed by atoms with van der Waals surface area (Å²) in [5, 5.41) is 8.01. The summed E-state index contributed by atoms with van der Waals surface area (Å²) in [6.07, 6.45) is 6.27. The van der Waals surface area contributed by atoms with Crippen LogP contribution < -0.4 is 26.1 Å². The third-order valence-corrected chi connectivity index (χ3v) is 5.12. The summed E-state index contributed by atoms with van der Waals surface area (Å²) in [6.45, 7) is 3.81. The average Bonchev–Trinajstić information content (AvgIpc) is 3.47. The van der Waals surface area contributed by atoms with Crippen LogP contribution >= 0.6 is 11.3 Å². The van der Waals surface area contributed by atoms with E-state index in [1.54, 1.807) is 30.5 Å². The average molecular weight is 419 g/mol. The van der Waals surface area contributed by atoms with Gasteiger partial charge in [0.15, 0.2) is 0 Å². The molecule has 4 rings (SSSR count). The van der Waals surface area contributed by atoms with Crippen LogP contribution in [0.1, 0.15) is 10.4 Å². The van der Waals surface area contributed by atoms with Crippen molar-refractivity contribution in [1.29, 1.82) is 0 Å². The molecule has 10 heteroatoms. The molecule has 2 amide bonds. The summed E-state index contributed by atoms with van der Waals surface area (Å²) in [5.74, 6) is -0.264. The Balaban J connectivity index is 1.57. The number of benzene rings is 1. The monoisotopic (exact) mass is 419 g/mol. The van der Waals surface area contributed by atoms with Gasteiger partial charge in [0.1, 0.15) is 5.52 Å². The number of para-hydroxylation sites is 1. The molecule has 0 unspecified atom stereocenters. The van der Waals surface area contributed by atoms with E-state index >= 15 is 0 Å². The normalized spacial score (nSPS) is 12.3. The Labute approximate surface area is 174 Å². The molecule has 3 aromatic heterocycles. The van der Waals surface area contributed by atoms with Gasteiger partial charge in [-0.1, -0.05) is 12.6 Å². The van der Waals surface area contributed by atoms with E-state index in [0.29, 0.717) is 22.5 Å². The van der Waals surface area contributed by atoms with Crippen molar-refractivity contribution in [2.24, 2.45) is 5.73 Å². The first-order valence-electron chi connectivity index (χ1n) is 8.82. The Hall–Kier alpha value is -4.18. The quantitative estimate of drug-likeness (QED) is 0.310. The standard InChI is InChI=1S/C20H17N7O2S/c1-11(9-12-5-8-30-15(12)10-21)17(28)26-20-24-14-4-2-3-13(16(14)25-20)18(29)27-19-22-6-7-23-19/h2-10H,1,21H2,(H2,22,23,27,29)(H2,24,25,26,28)/b12-9-,15-10+. The van der Waals surface area contributed by atoms with Crippen molar-refractivity contribution in [3.63, 3.8) is 0 Å². The smallest absolute Gasteiger partial charge is 0.260 e. The van der Waals surface area contributed by atoms with Crippen LogP contribution in [-0.4, -0.2) is 31.8 Å². The molecular weight excluding hydrogens is 402 g/mol. The summed E-state index contributed by atoms with van der Waals surface area (Å²) in [7, 11) is 0. The van der Waals surface area contributed by atoms with Gasteiger partial charge < -0.3 is 15.7 Å². The number of anilines is 2. The number of aromatic nitrogens is 4. The van der Waals surface area contributed by atoms with E-state index in [9.17, 15) is 9.59 Å². The van der Waals surface area contributed by atoms with E-state index < -0.39 is 5.91 Å². The van der Waals surface area contributed by atoms with Crippen molar-refractivity contribution in [1.82, 2.24) is 19.9 Å². The van der Waals surface area contributed by atoms with Gasteiger partial charge in [-0.3, -0.25) is 20.2 Å². The highest BCUT2D eigenvalue weighted by atomic mass is 32.1. The number of hydrogen-bond donors (Lipinski definition) is 5. The van der Waals surface area contributed by atoms with Crippen molar-refractivity contribution >= 4 is 58.4 Å². The molecule has 0 aliphatic heterocycles. The highest BCUT2D eigenvalue weighted by molar-refractivity contribution is 7.07. The van der Waals surface area contributed by atoms with Crippen LogP contribution in [0.2, 0.25) is 0 Å².